The van der Waals surface area contributed by atoms with Crippen molar-refractivity contribution in [2.45, 2.75) is 18.8 Å². The summed E-state index contributed by atoms with van der Waals surface area (Å²) in [5, 5.41) is 5.92. The van der Waals surface area contributed by atoms with Gasteiger partial charge in [0.2, 0.25) is 11.8 Å². The van der Waals surface area contributed by atoms with Gasteiger partial charge in [0.25, 0.3) is 0 Å². The number of anilines is 1. The summed E-state index contributed by atoms with van der Waals surface area (Å²) >= 11 is 6.23. The predicted molar refractivity (Wildman–Crippen MR) is 102 cm³/mol. The van der Waals surface area contributed by atoms with Gasteiger partial charge in [0.05, 0.1) is 10.9 Å². The van der Waals surface area contributed by atoms with Crippen molar-refractivity contribution < 1.29 is 23.5 Å². The number of carbonyl (C=O) groups excluding carboxylic acids is 2. The number of carbonyl (C=O) groups is 2. The topological polar surface area (TPSA) is 76.7 Å². The lowest BCUT2D eigenvalue weighted by Gasteiger charge is -2.25. The van der Waals surface area contributed by atoms with Crippen molar-refractivity contribution in [3.8, 4) is 11.5 Å². The zero-order valence-corrected chi connectivity index (χ0v) is 15.6. The van der Waals surface area contributed by atoms with Crippen LogP contribution in [0.3, 0.4) is 0 Å². The van der Waals surface area contributed by atoms with E-state index in [1.165, 1.54) is 18.2 Å². The highest BCUT2D eigenvalue weighted by Gasteiger charge is 2.30. The second-order valence-electron chi connectivity index (χ2n) is 6.68. The molecule has 2 aromatic carbocycles. The molecule has 2 N–H and O–H groups in total. The van der Waals surface area contributed by atoms with Gasteiger partial charge in [-0.1, -0.05) is 17.7 Å². The molecule has 0 aliphatic carbocycles. The molecular weight excluding hydrogens is 387 g/mol. The van der Waals surface area contributed by atoms with Crippen molar-refractivity contribution in [1.82, 2.24) is 5.32 Å². The monoisotopic (exact) mass is 404 g/mol. The van der Waals surface area contributed by atoms with Crippen LogP contribution in [0.1, 0.15) is 23.5 Å². The van der Waals surface area contributed by atoms with Crippen LogP contribution in [-0.2, 0) is 16.0 Å². The molecule has 0 saturated carbocycles. The fourth-order valence-electron chi connectivity index (χ4n) is 3.43. The maximum absolute atomic E-state index is 13.4. The molecule has 2 amide bonds. The smallest absolute Gasteiger partial charge is 0.228 e. The number of benzene rings is 2. The van der Waals surface area contributed by atoms with E-state index in [4.69, 9.17) is 21.1 Å². The van der Waals surface area contributed by atoms with Gasteiger partial charge >= 0.3 is 0 Å². The van der Waals surface area contributed by atoms with E-state index in [2.05, 4.69) is 10.6 Å². The number of halogens is 2. The summed E-state index contributed by atoms with van der Waals surface area (Å²) in [6.07, 6.45) is 0.567. The molecule has 0 fully saturated rings. The first-order valence-corrected chi connectivity index (χ1v) is 9.34. The molecule has 2 heterocycles. The Morgan fingerprint density at radius 1 is 1.25 bits per heavy atom. The Morgan fingerprint density at radius 2 is 2.07 bits per heavy atom. The summed E-state index contributed by atoms with van der Waals surface area (Å²) < 4.78 is 24.5. The number of ether oxygens (including phenoxy) is 2. The maximum atomic E-state index is 13.4. The van der Waals surface area contributed by atoms with Crippen molar-refractivity contribution in [2.75, 3.05) is 25.1 Å². The number of hydrogen-bond acceptors (Lipinski definition) is 4. The third-order valence-electron chi connectivity index (χ3n) is 4.74. The minimum Gasteiger partial charge on any atom is -0.486 e. The highest BCUT2D eigenvalue weighted by molar-refractivity contribution is 6.32. The van der Waals surface area contributed by atoms with Crippen LogP contribution in [0.5, 0.6) is 11.5 Å². The standard InChI is InChI=1S/C20H18ClFN2O4/c21-15-7-11(8-17-19(15)28-6-5-27-17)3-4-23-20(26)14-10-18(25)24-16-9-12(22)1-2-13(14)16/h1-2,7-9,14H,3-6,10H2,(H,23,26)(H,24,25)/t14-/m1/s1. The molecule has 1 atom stereocenters. The van der Waals surface area contributed by atoms with E-state index in [9.17, 15) is 14.0 Å². The van der Waals surface area contributed by atoms with Crippen LogP contribution in [0.25, 0.3) is 0 Å². The molecule has 2 aromatic rings. The summed E-state index contributed by atoms with van der Waals surface area (Å²) in [5.74, 6) is -0.551. The van der Waals surface area contributed by atoms with Crippen LogP contribution in [0.15, 0.2) is 30.3 Å². The van der Waals surface area contributed by atoms with E-state index in [0.717, 1.165) is 5.56 Å². The van der Waals surface area contributed by atoms with Crippen molar-refractivity contribution in [3.05, 3.63) is 52.3 Å². The van der Waals surface area contributed by atoms with Crippen LogP contribution < -0.4 is 20.1 Å². The number of fused-ring (bicyclic) bond motifs is 2. The number of amides is 2. The van der Waals surface area contributed by atoms with Crippen LogP contribution in [0, 0.1) is 5.82 Å². The zero-order chi connectivity index (χ0) is 19.7. The van der Waals surface area contributed by atoms with Crippen LogP contribution >= 0.6 is 11.6 Å². The molecule has 4 rings (SSSR count). The van der Waals surface area contributed by atoms with Crippen molar-refractivity contribution in [1.29, 1.82) is 0 Å². The molecule has 0 spiro atoms. The van der Waals surface area contributed by atoms with E-state index in [1.807, 2.05) is 6.07 Å². The molecule has 0 aromatic heterocycles. The van der Waals surface area contributed by atoms with Gasteiger partial charge in [-0.25, -0.2) is 4.39 Å². The normalized spacial score (nSPS) is 17.5. The van der Waals surface area contributed by atoms with Gasteiger partial charge in [0.15, 0.2) is 11.5 Å². The van der Waals surface area contributed by atoms with E-state index in [0.29, 0.717) is 54.0 Å². The predicted octanol–water partition coefficient (Wildman–Crippen LogP) is 3.04. The van der Waals surface area contributed by atoms with Gasteiger partial charge in [-0.3, -0.25) is 9.59 Å². The summed E-state index contributed by atoms with van der Waals surface area (Å²) in [4.78, 5) is 24.5. The highest BCUT2D eigenvalue weighted by atomic mass is 35.5. The van der Waals surface area contributed by atoms with E-state index in [-0.39, 0.29) is 18.2 Å². The van der Waals surface area contributed by atoms with Crippen molar-refractivity contribution >= 4 is 29.1 Å². The molecule has 8 heteroatoms. The molecule has 0 saturated heterocycles. The van der Waals surface area contributed by atoms with E-state index in [1.54, 1.807) is 6.07 Å². The van der Waals surface area contributed by atoms with E-state index < -0.39 is 11.7 Å². The van der Waals surface area contributed by atoms with Gasteiger partial charge in [-0.2, -0.15) is 0 Å². The summed E-state index contributed by atoms with van der Waals surface area (Å²) in [6, 6.07) is 7.68. The first-order valence-electron chi connectivity index (χ1n) is 8.96. The Labute approximate surface area is 166 Å². The van der Waals surface area contributed by atoms with Gasteiger partial charge in [0, 0.05) is 18.7 Å². The highest BCUT2D eigenvalue weighted by Crippen LogP contribution is 2.38. The Balaban J connectivity index is 1.42. The Bertz CT molecular complexity index is 950. The van der Waals surface area contributed by atoms with Gasteiger partial charge in [-0.15, -0.1) is 0 Å². The van der Waals surface area contributed by atoms with Crippen LogP contribution in [-0.4, -0.2) is 31.6 Å². The SMILES string of the molecule is O=C1C[C@@H](C(=O)NCCc2cc(Cl)c3c(c2)OCCO3)c2ccc(F)cc2N1. The third kappa shape index (κ3) is 3.75. The Morgan fingerprint density at radius 3 is 2.93 bits per heavy atom. The fourth-order valence-corrected chi connectivity index (χ4v) is 3.72. The molecule has 0 radical (unpaired) electrons. The molecule has 0 bridgehead atoms. The number of rotatable bonds is 4. The average molecular weight is 405 g/mol. The molecular formula is C20H18ClFN2O4. The maximum Gasteiger partial charge on any atom is 0.228 e. The summed E-state index contributed by atoms with van der Waals surface area (Å²) in [6.45, 7) is 1.29. The van der Waals surface area contributed by atoms with Gasteiger partial charge in [0.1, 0.15) is 19.0 Å². The fraction of sp³-hybridized carbons (Fsp3) is 0.300. The van der Waals surface area contributed by atoms with E-state index >= 15 is 0 Å². The lowest BCUT2D eigenvalue weighted by molar-refractivity contribution is -0.126. The largest absolute Gasteiger partial charge is 0.486 e. The lowest BCUT2D eigenvalue weighted by atomic mass is 9.89. The summed E-state index contributed by atoms with van der Waals surface area (Å²) in [5.41, 5.74) is 1.86. The third-order valence-corrected chi connectivity index (χ3v) is 5.02. The molecule has 0 unspecified atom stereocenters. The lowest BCUT2D eigenvalue weighted by Crippen LogP contribution is -2.36. The van der Waals surface area contributed by atoms with Crippen molar-refractivity contribution in [3.63, 3.8) is 0 Å². The zero-order valence-electron chi connectivity index (χ0n) is 14.9. The van der Waals surface area contributed by atoms with Crippen LogP contribution in [0.2, 0.25) is 5.02 Å². The number of nitrogens with one attached hydrogen (secondary N) is 2. The minimum atomic E-state index is -0.645. The Hall–Kier alpha value is -2.80. The molecule has 6 nitrogen and oxygen atoms in total. The Kier molecular flexibility index (Phi) is 5.09. The minimum absolute atomic E-state index is 0.0281. The van der Waals surface area contributed by atoms with Crippen LogP contribution in [0.4, 0.5) is 10.1 Å². The first kappa shape index (κ1) is 18.6. The molecule has 146 valence electrons. The quantitative estimate of drug-likeness (QED) is 0.821. The van der Waals surface area contributed by atoms with Crippen molar-refractivity contribution in [2.24, 2.45) is 0 Å². The van der Waals surface area contributed by atoms with Gasteiger partial charge in [-0.05, 0) is 41.8 Å². The second kappa shape index (κ2) is 7.67. The van der Waals surface area contributed by atoms with Gasteiger partial charge < -0.3 is 20.1 Å². The first-order chi connectivity index (χ1) is 13.5. The second-order valence-corrected chi connectivity index (χ2v) is 7.09. The molecule has 2 aliphatic rings. The number of hydrogen-bond donors (Lipinski definition) is 2. The average Bonchev–Trinajstić information content (AvgIpc) is 2.67. The molecule has 2 aliphatic heterocycles. The molecule has 28 heavy (non-hydrogen) atoms. The summed E-state index contributed by atoms with van der Waals surface area (Å²) in [7, 11) is 0.